The maximum Gasteiger partial charge on any atom is 0.129 e. The first kappa shape index (κ1) is 12.2. The predicted molar refractivity (Wildman–Crippen MR) is 77.9 cm³/mol. The average molecular weight is 256 g/mol. The maximum atomic E-state index is 6.05. The van der Waals surface area contributed by atoms with Crippen molar-refractivity contribution in [3.8, 4) is 11.1 Å². The van der Waals surface area contributed by atoms with Gasteiger partial charge in [-0.15, -0.1) is 0 Å². The van der Waals surface area contributed by atoms with Crippen molar-refractivity contribution in [3.05, 3.63) is 36.0 Å². The van der Waals surface area contributed by atoms with E-state index in [-0.39, 0.29) is 0 Å². The van der Waals surface area contributed by atoms with Gasteiger partial charge in [0, 0.05) is 19.2 Å². The predicted octanol–water partition coefficient (Wildman–Crippen LogP) is 2.09. The molecule has 4 nitrogen and oxygen atoms in total. The van der Waals surface area contributed by atoms with E-state index in [1.807, 2.05) is 13.2 Å². The van der Waals surface area contributed by atoms with Crippen LogP contribution in [0.4, 0.5) is 5.82 Å². The van der Waals surface area contributed by atoms with Crippen LogP contribution in [0.2, 0.25) is 0 Å². The highest BCUT2D eigenvalue weighted by Crippen LogP contribution is 2.31. The first-order valence-electron chi connectivity index (χ1n) is 6.71. The first-order valence-corrected chi connectivity index (χ1v) is 6.71. The van der Waals surface area contributed by atoms with Gasteiger partial charge in [-0.2, -0.15) is 5.10 Å². The van der Waals surface area contributed by atoms with Crippen molar-refractivity contribution < 1.29 is 0 Å². The van der Waals surface area contributed by atoms with E-state index in [0.717, 1.165) is 23.5 Å². The third kappa shape index (κ3) is 2.24. The smallest absolute Gasteiger partial charge is 0.129 e. The lowest BCUT2D eigenvalue weighted by molar-refractivity contribution is 0.411. The molecule has 0 amide bonds. The molecule has 2 heterocycles. The third-order valence-corrected chi connectivity index (χ3v) is 4.05. The monoisotopic (exact) mass is 256 g/mol. The van der Waals surface area contributed by atoms with Crippen LogP contribution in [0.1, 0.15) is 17.9 Å². The van der Waals surface area contributed by atoms with Crippen LogP contribution in [0, 0.1) is 0 Å². The molecule has 19 heavy (non-hydrogen) atoms. The number of nitrogens with zero attached hydrogens (tertiary/aromatic N) is 3. The van der Waals surface area contributed by atoms with Crippen molar-refractivity contribution in [2.45, 2.75) is 12.3 Å². The number of hydrogen-bond acceptors (Lipinski definition) is 3. The summed E-state index contributed by atoms with van der Waals surface area (Å²) in [4.78, 5) is 2.38. The molecule has 1 aliphatic rings. The Morgan fingerprint density at radius 1 is 1.32 bits per heavy atom. The van der Waals surface area contributed by atoms with Gasteiger partial charge in [-0.05, 0) is 37.1 Å². The van der Waals surface area contributed by atoms with Crippen molar-refractivity contribution in [3.63, 3.8) is 0 Å². The van der Waals surface area contributed by atoms with Crippen molar-refractivity contribution in [1.29, 1.82) is 0 Å². The highest BCUT2D eigenvalue weighted by atomic mass is 15.3. The minimum Gasteiger partial charge on any atom is -0.383 e. The van der Waals surface area contributed by atoms with E-state index in [1.54, 1.807) is 4.68 Å². The standard InChI is InChI=1S/C15H20N4/c1-18-7-6-13(10-18)11-4-3-5-12(8-11)14-9-17-19(2)15(14)16/h3-5,8-9,13H,6-7,10,16H2,1-2H3. The highest BCUT2D eigenvalue weighted by molar-refractivity contribution is 5.73. The van der Waals surface area contributed by atoms with E-state index in [4.69, 9.17) is 5.73 Å². The maximum absolute atomic E-state index is 6.05. The Morgan fingerprint density at radius 3 is 2.79 bits per heavy atom. The molecule has 3 rings (SSSR count). The summed E-state index contributed by atoms with van der Waals surface area (Å²) < 4.78 is 1.71. The molecule has 2 N–H and O–H groups in total. The van der Waals surface area contributed by atoms with Gasteiger partial charge in [0.1, 0.15) is 5.82 Å². The summed E-state index contributed by atoms with van der Waals surface area (Å²) in [7, 11) is 4.05. The van der Waals surface area contributed by atoms with E-state index in [2.05, 4.69) is 41.3 Å². The van der Waals surface area contributed by atoms with Gasteiger partial charge in [-0.1, -0.05) is 24.3 Å². The topological polar surface area (TPSA) is 47.1 Å². The number of nitrogens with two attached hydrogens (primary N) is 1. The average Bonchev–Trinajstić information content (AvgIpc) is 2.98. The largest absolute Gasteiger partial charge is 0.383 e. The first-order chi connectivity index (χ1) is 9.15. The molecule has 1 saturated heterocycles. The number of aryl methyl sites for hydroxylation is 1. The lowest BCUT2D eigenvalue weighted by Crippen LogP contribution is -2.13. The second kappa shape index (κ2) is 4.70. The molecule has 0 radical (unpaired) electrons. The zero-order valence-corrected chi connectivity index (χ0v) is 11.5. The lowest BCUT2D eigenvalue weighted by Gasteiger charge is -2.12. The zero-order chi connectivity index (χ0) is 13.4. The van der Waals surface area contributed by atoms with E-state index in [9.17, 15) is 0 Å². The van der Waals surface area contributed by atoms with Crippen molar-refractivity contribution in [1.82, 2.24) is 14.7 Å². The molecule has 0 spiro atoms. The van der Waals surface area contributed by atoms with Crippen LogP contribution in [-0.2, 0) is 7.05 Å². The van der Waals surface area contributed by atoms with Gasteiger partial charge in [0.15, 0.2) is 0 Å². The van der Waals surface area contributed by atoms with E-state index < -0.39 is 0 Å². The van der Waals surface area contributed by atoms with Crippen LogP contribution in [0.5, 0.6) is 0 Å². The Kier molecular flexibility index (Phi) is 3.03. The summed E-state index contributed by atoms with van der Waals surface area (Å²) in [5.74, 6) is 1.36. The number of hydrogen-bond donors (Lipinski definition) is 1. The quantitative estimate of drug-likeness (QED) is 0.895. The summed E-state index contributed by atoms with van der Waals surface area (Å²) in [5.41, 5.74) is 9.65. The van der Waals surface area contributed by atoms with Gasteiger partial charge in [0.25, 0.3) is 0 Å². The van der Waals surface area contributed by atoms with Crippen LogP contribution in [0.3, 0.4) is 0 Å². The second-order valence-corrected chi connectivity index (χ2v) is 5.44. The Bertz CT molecular complexity index is 588. The van der Waals surface area contributed by atoms with Crippen molar-refractivity contribution in [2.24, 2.45) is 7.05 Å². The minimum absolute atomic E-state index is 0.642. The van der Waals surface area contributed by atoms with Gasteiger partial charge < -0.3 is 10.6 Å². The Morgan fingerprint density at radius 2 is 2.16 bits per heavy atom. The number of likely N-dealkylation sites (tertiary alicyclic amines) is 1. The van der Waals surface area contributed by atoms with Gasteiger partial charge in [-0.3, -0.25) is 4.68 Å². The summed E-state index contributed by atoms with van der Waals surface area (Å²) in [6.07, 6.45) is 3.08. The molecule has 1 aliphatic heterocycles. The van der Waals surface area contributed by atoms with E-state index >= 15 is 0 Å². The summed E-state index contributed by atoms with van der Waals surface area (Å²) in [6, 6.07) is 8.71. The van der Waals surface area contributed by atoms with Crippen LogP contribution in [0.25, 0.3) is 11.1 Å². The van der Waals surface area contributed by atoms with E-state index in [1.165, 1.54) is 18.5 Å². The zero-order valence-electron chi connectivity index (χ0n) is 11.5. The third-order valence-electron chi connectivity index (χ3n) is 4.05. The van der Waals surface area contributed by atoms with Crippen LogP contribution in [0.15, 0.2) is 30.5 Å². The summed E-state index contributed by atoms with van der Waals surface area (Å²) in [6.45, 7) is 2.33. The molecular formula is C15H20N4. The number of anilines is 1. The van der Waals surface area contributed by atoms with Crippen molar-refractivity contribution >= 4 is 5.82 Å². The molecule has 0 aliphatic carbocycles. The molecule has 1 fully saturated rings. The summed E-state index contributed by atoms with van der Waals surface area (Å²) >= 11 is 0. The number of nitrogen functional groups attached to an aromatic ring is 1. The van der Waals surface area contributed by atoms with Crippen LogP contribution in [-0.4, -0.2) is 34.8 Å². The fraction of sp³-hybridized carbons (Fsp3) is 0.400. The molecule has 4 heteroatoms. The molecule has 1 atom stereocenters. The molecule has 0 bridgehead atoms. The van der Waals surface area contributed by atoms with Gasteiger partial charge >= 0.3 is 0 Å². The Labute approximate surface area is 113 Å². The number of rotatable bonds is 2. The highest BCUT2D eigenvalue weighted by Gasteiger charge is 2.21. The molecule has 2 aromatic rings. The number of likely N-dealkylation sites (N-methyl/N-ethyl adjacent to an activating group) is 1. The molecule has 1 unspecified atom stereocenters. The molecule has 1 aromatic heterocycles. The normalized spacial score (nSPS) is 20.0. The fourth-order valence-electron chi connectivity index (χ4n) is 2.84. The van der Waals surface area contributed by atoms with Crippen LogP contribution < -0.4 is 5.73 Å². The van der Waals surface area contributed by atoms with Gasteiger partial charge in [0.05, 0.1) is 6.20 Å². The SMILES string of the molecule is CN1CCC(c2cccc(-c3cnn(C)c3N)c2)C1. The molecule has 1 aromatic carbocycles. The minimum atomic E-state index is 0.642. The Hall–Kier alpha value is -1.81. The van der Waals surface area contributed by atoms with E-state index in [0.29, 0.717) is 5.92 Å². The lowest BCUT2D eigenvalue weighted by atomic mass is 9.95. The molecule has 100 valence electrons. The molecule has 0 saturated carbocycles. The summed E-state index contributed by atoms with van der Waals surface area (Å²) in [5, 5.41) is 4.22. The second-order valence-electron chi connectivity index (χ2n) is 5.44. The van der Waals surface area contributed by atoms with Gasteiger partial charge in [-0.25, -0.2) is 0 Å². The van der Waals surface area contributed by atoms with Crippen LogP contribution >= 0.6 is 0 Å². The number of aromatic nitrogens is 2. The van der Waals surface area contributed by atoms with Crippen molar-refractivity contribution in [2.75, 3.05) is 25.9 Å². The Balaban J connectivity index is 1.94. The number of benzene rings is 1. The molecular weight excluding hydrogens is 236 g/mol. The fourth-order valence-corrected chi connectivity index (χ4v) is 2.84. The van der Waals surface area contributed by atoms with Gasteiger partial charge in [0.2, 0.25) is 0 Å².